The second-order valence-corrected chi connectivity index (χ2v) is 5.34. The van der Waals surface area contributed by atoms with Crippen LogP contribution in [0.1, 0.15) is 0 Å². The Morgan fingerprint density at radius 1 is 1.31 bits per heavy atom. The second kappa shape index (κ2) is 4.42. The van der Waals surface area contributed by atoms with E-state index in [2.05, 4.69) is 11.3 Å². The summed E-state index contributed by atoms with van der Waals surface area (Å²) in [4.78, 5) is 15.8. The third-order valence-corrected chi connectivity index (χ3v) is 3.23. The summed E-state index contributed by atoms with van der Waals surface area (Å²) in [6.07, 6.45) is 7.09. The molecule has 0 aliphatic heterocycles. The van der Waals surface area contributed by atoms with Gasteiger partial charge in [-0.3, -0.25) is 9.36 Å². The Bertz CT molecular complexity index is 575. The molecule has 3 nitrogen and oxygen atoms in total. The SMILES string of the molecule is C=[P+](C)c1cn(-c2ccccc2)c(=O)cn1. The van der Waals surface area contributed by atoms with Crippen molar-refractivity contribution in [2.75, 3.05) is 6.66 Å². The van der Waals surface area contributed by atoms with E-state index in [0.717, 1.165) is 11.1 Å². The van der Waals surface area contributed by atoms with Crippen LogP contribution in [0.25, 0.3) is 5.69 Å². The maximum atomic E-state index is 11.7. The van der Waals surface area contributed by atoms with Gasteiger partial charge in [-0.1, -0.05) is 18.2 Å². The van der Waals surface area contributed by atoms with Gasteiger partial charge in [0, 0.05) is 5.69 Å². The molecule has 0 amide bonds. The summed E-state index contributed by atoms with van der Waals surface area (Å²) >= 11 is 0. The molecule has 1 atom stereocenters. The second-order valence-electron chi connectivity index (χ2n) is 3.49. The predicted octanol–water partition coefficient (Wildman–Crippen LogP) is 1.40. The molecule has 0 saturated heterocycles. The van der Waals surface area contributed by atoms with Crippen LogP contribution in [-0.4, -0.2) is 22.5 Å². The van der Waals surface area contributed by atoms with Gasteiger partial charge in [-0.2, -0.15) is 0 Å². The summed E-state index contributed by atoms with van der Waals surface area (Å²) < 4.78 is 1.60. The van der Waals surface area contributed by atoms with Crippen molar-refractivity contribution in [2.24, 2.45) is 0 Å². The third-order valence-electron chi connectivity index (χ3n) is 2.21. The van der Waals surface area contributed by atoms with E-state index in [1.165, 1.54) is 6.20 Å². The average molecular weight is 231 g/mol. The topological polar surface area (TPSA) is 34.9 Å². The lowest BCUT2D eigenvalue weighted by Crippen LogP contribution is -2.22. The van der Waals surface area contributed by atoms with Crippen molar-refractivity contribution in [3.05, 3.63) is 53.1 Å². The van der Waals surface area contributed by atoms with Crippen LogP contribution in [0.4, 0.5) is 0 Å². The number of hydrogen-bond acceptors (Lipinski definition) is 2. The highest BCUT2D eigenvalue weighted by atomic mass is 31.1. The van der Waals surface area contributed by atoms with Crippen LogP contribution in [0, 0.1) is 0 Å². The smallest absolute Gasteiger partial charge is 0.273 e. The zero-order valence-electron chi connectivity index (χ0n) is 9.00. The Labute approximate surface area is 94.8 Å². The molecule has 0 radical (unpaired) electrons. The number of benzene rings is 1. The van der Waals surface area contributed by atoms with E-state index in [-0.39, 0.29) is 5.56 Å². The van der Waals surface area contributed by atoms with Crippen LogP contribution in [0.5, 0.6) is 0 Å². The molecule has 0 aliphatic rings. The first-order valence-electron chi connectivity index (χ1n) is 4.87. The minimum absolute atomic E-state index is 0.119. The van der Waals surface area contributed by atoms with Gasteiger partial charge >= 0.3 is 0 Å². The predicted molar refractivity (Wildman–Crippen MR) is 69.4 cm³/mol. The maximum Gasteiger partial charge on any atom is 0.273 e. The van der Waals surface area contributed by atoms with Crippen molar-refractivity contribution < 1.29 is 0 Å². The fourth-order valence-corrected chi connectivity index (χ4v) is 1.95. The maximum absolute atomic E-state index is 11.7. The largest absolute Gasteiger partial charge is 0.277 e. The lowest BCUT2D eigenvalue weighted by atomic mass is 10.3. The molecule has 0 spiro atoms. The van der Waals surface area contributed by atoms with Crippen LogP contribution >= 0.6 is 7.55 Å². The molecule has 0 aliphatic carbocycles. The van der Waals surface area contributed by atoms with Gasteiger partial charge in [-0.05, 0) is 12.1 Å². The molecular formula is C12H12N2OP+. The first-order chi connectivity index (χ1) is 7.68. The average Bonchev–Trinajstić information content (AvgIpc) is 2.30. The third kappa shape index (κ3) is 2.10. The molecule has 1 aromatic carbocycles. The summed E-state index contributed by atoms with van der Waals surface area (Å²) in [5.74, 6) is 0. The summed E-state index contributed by atoms with van der Waals surface area (Å²) in [6, 6.07) is 9.52. The fourth-order valence-electron chi connectivity index (χ4n) is 1.38. The Balaban J connectivity index is 2.61. The number of rotatable bonds is 2. The molecule has 0 saturated carbocycles. The van der Waals surface area contributed by atoms with Crippen molar-refractivity contribution in [2.45, 2.75) is 0 Å². The molecule has 4 heteroatoms. The minimum atomic E-state index is -0.535. The molecule has 1 heterocycles. The lowest BCUT2D eigenvalue weighted by Gasteiger charge is -2.03. The highest BCUT2D eigenvalue weighted by Crippen LogP contribution is 2.10. The van der Waals surface area contributed by atoms with Gasteiger partial charge < -0.3 is 0 Å². The molecular weight excluding hydrogens is 219 g/mol. The molecule has 1 unspecified atom stereocenters. The van der Waals surface area contributed by atoms with Gasteiger partial charge in [-0.25, -0.2) is 4.98 Å². The number of nitrogens with zero attached hydrogens (tertiary/aromatic N) is 2. The zero-order chi connectivity index (χ0) is 11.5. The fraction of sp³-hybridized carbons (Fsp3) is 0.0833. The molecule has 0 bridgehead atoms. The summed E-state index contributed by atoms with van der Waals surface area (Å²) in [5.41, 5.74) is 1.61. The molecule has 0 fully saturated rings. The van der Waals surface area contributed by atoms with Gasteiger partial charge in [0.05, 0.1) is 18.7 Å². The standard InChI is InChI=1S/C12H12N2OP/c1-16(2)11-9-14(12(15)8-13-11)10-6-4-3-5-7-10/h3-9H,1H2,2H3/q+1. The molecule has 16 heavy (non-hydrogen) atoms. The van der Waals surface area contributed by atoms with Gasteiger partial charge in [-0.15, -0.1) is 0 Å². The molecule has 2 rings (SSSR count). The normalized spacial score (nSPS) is 11.2. The lowest BCUT2D eigenvalue weighted by molar-refractivity contribution is 0.971. The highest BCUT2D eigenvalue weighted by Gasteiger charge is 2.09. The van der Waals surface area contributed by atoms with Crippen LogP contribution < -0.4 is 11.0 Å². The van der Waals surface area contributed by atoms with E-state index < -0.39 is 7.55 Å². The van der Waals surface area contributed by atoms with Crippen molar-refractivity contribution in [3.63, 3.8) is 0 Å². The van der Waals surface area contributed by atoms with Gasteiger partial charge in [0.2, 0.25) is 0 Å². The van der Waals surface area contributed by atoms with Crippen LogP contribution in [-0.2, 0) is 0 Å². The highest BCUT2D eigenvalue weighted by molar-refractivity contribution is 7.62. The summed E-state index contributed by atoms with van der Waals surface area (Å²) in [5, 5.41) is 0. The molecule has 0 N–H and O–H groups in total. The molecule has 1 aromatic heterocycles. The van der Waals surface area contributed by atoms with Crippen LogP contribution in [0.3, 0.4) is 0 Å². The van der Waals surface area contributed by atoms with Gasteiger partial charge in [0.25, 0.3) is 11.0 Å². The van der Waals surface area contributed by atoms with Crippen LogP contribution in [0.2, 0.25) is 0 Å². The minimum Gasteiger partial charge on any atom is -0.277 e. The van der Waals surface area contributed by atoms with Crippen molar-refractivity contribution in [3.8, 4) is 5.69 Å². The molecule has 80 valence electrons. The van der Waals surface area contributed by atoms with Crippen molar-refractivity contribution >= 4 is 19.3 Å². The van der Waals surface area contributed by atoms with Gasteiger partial charge in [0.1, 0.15) is 14.2 Å². The van der Waals surface area contributed by atoms with Gasteiger partial charge in [0.15, 0.2) is 0 Å². The number of hydrogen-bond donors (Lipinski definition) is 0. The molecule has 2 aromatic rings. The summed E-state index contributed by atoms with van der Waals surface area (Å²) in [7, 11) is -0.535. The first-order valence-corrected chi connectivity index (χ1v) is 6.84. The quantitative estimate of drug-likeness (QED) is 0.732. The van der Waals surface area contributed by atoms with Crippen LogP contribution in [0.15, 0.2) is 47.5 Å². The van der Waals surface area contributed by atoms with Crippen molar-refractivity contribution in [1.82, 2.24) is 9.55 Å². The van der Waals surface area contributed by atoms with E-state index >= 15 is 0 Å². The first kappa shape index (κ1) is 10.8. The Kier molecular flexibility index (Phi) is 2.97. The van der Waals surface area contributed by atoms with E-state index in [0.29, 0.717) is 0 Å². The van der Waals surface area contributed by atoms with E-state index in [1.807, 2.05) is 37.0 Å². The zero-order valence-corrected chi connectivity index (χ0v) is 9.89. The number of para-hydroxylation sites is 1. The monoisotopic (exact) mass is 231 g/mol. The Hall–Kier alpha value is -1.73. The van der Waals surface area contributed by atoms with E-state index in [4.69, 9.17) is 0 Å². The van der Waals surface area contributed by atoms with E-state index in [9.17, 15) is 4.79 Å². The summed E-state index contributed by atoms with van der Waals surface area (Å²) in [6.45, 7) is 2.01. The Morgan fingerprint density at radius 3 is 2.62 bits per heavy atom. The van der Waals surface area contributed by atoms with E-state index in [1.54, 1.807) is 10.8 Å². The number of aromatic nitrogens is 2. The van der Waals surface area contributed by atoms with Crippen molar-refractivity contribution in [1.29, 1.82) is 0 Å². The Morgan fingerprint density at radius 2 is 2.00 bits per heavy atom.